The molecule has 0 saturated carbocycles. The van der Waals surface area contributed by atoms with Crippen molar-refractivity contribution in [3.05, 3.63) is 54.2 Å². The lowest BCUT2D eigenvalue weighted by Crippen LogP contribution is -2.36. The van der Waals surface area contributed by atoms with Crippen molar-refractivity contribution >= 4 is 22.5 Å². The summed E-state index contributed by atoms with van der Waals surface area (Å²) in [6, 6.07) is 9.08. The minimum atomic E-state index is -0.213. The molecule has 1 aliphatic rings. The van der Waals surface area contributed by atoms with Gasteiger partial charge in [0.15, 0.2) is 5.65 Å². The fourth-order valence-electron chi connectivity index (χ4n) is 2.94. The van der Waals surface area contributed by atoms with Crippen molar-refractivity contribution in [1.29, 1.82) is 0 Å². The Kier molecular flexibility index (Phi) is 4.39. The predicted octanol–water partition coefficient (Wildman–Crippen LogP) is 2.61. The molecule has 1 saturated heterocycles. The van der Waals surface area contributed by atoms with Gasteiger partial charge in [-0.25, -0.2) is 19.3 Å². The van der Waals surface area contributed by atoms with Gasteiger partial charge in [0.05, 0.1) is 24.3 Å². The van der Waals surface area contributed by atoms with Crippen LogP contribution in [0, 0.1) is 5.82 Å². The summed E-state index contributed by atoms with van der Waals surface area (Å²) in [7, 11) is 0. The lowest BCUT2D eigenvalue weighted by Gasteiger charge is -2.29. The molecule has 0 radical (unpaired) electrons. The summed E-state index contributed by atoms with van der Waals surface area (Å²) < 4.78 is 19.8. The van der Waals surface area contributed by atoms with Crippen molar-refractivity contribution in [1.82, 2.24) is 15.0 Å². The molecule has 1 aliphatic heterocycles. The zero-order chi connectivity index (χ0) is 17.1. The molecular weight excluding hydrogens is 321 g/mol. The molecule has 0 bridgehead atoms. The summed E-state index contributed by atoms with van der Waals surface area (Å²) in [5.74, 6) is 0.478. The quantitative estimate of drug-likeness (QED) is 0.788. The number of anilines is 2. The molecule has 2 aromatic heterocycles. The topological polar surface area (TPSA) is 63.2 Å². The highest BCUT2D eigenvalue weighted by Gasteiger charge is 2.15. The summed E-state index contributed by atoms with van der Waals surface area (Å²) in [6.07, 6.45) is 3.17. The molecule has 0 amide bonds. The van der Waals surface area contributed by atoms with E-state index >= 15 is 0 Å². The van der Waals surface area contributed by atoms with Crippen molar-refractivity contribution in [2.45, 2.75) is 6.54 Å². The zero-order valence-electron chi connectivity index (χ0n) is 13.7. The number of hydrogen-bond donors (Lipinski definition) is 1. The maximum absolute atomic E-state index is 14.5. The first kappa shape index (κ1) is 15.7. The molecule has 6 nitrogen and oxygen atoms in total. The first-order chi connectivity index (χ1) is 12.3. The second kappa shape index (κ2) is 6.98. The lowest BCUT2D eigenvalue weighted by atomic mass is 10.1. The number of fused-ring (bicyclic) bond motifs is 1. The normalized spacial score (nSPS) is 14.7. The van der Waals surface area contributed by atoms with Gasteiger partial charge in [0.2, 0.25) is 0 Å². The molecule has 7 heteroatoms. The highest BCUT2D eigenvalue weighted by atomic mass is 19.1. The van der Waals surface area contributed by atoms with Crippen LogP contribution in [-0.4, -0.2) is 41.3 Å². The van der Waals surface area contributed by atoms with Gasteiger partial charge < -0.3 is 15.0 Å². The fourth-order valence-corrected chi connectivity index (χ4v) is 2.94. The molecule has 1 fully saturated rings. The number of pyridine rings is 1. The summed E-state index contributed by atoms with van der Waals surface area (Å²) in [4.78, 5) is 14.6. The highest BCUT2D eigenvalue weighted by Crippen LogP contribution is 2.23. The third kappa shape index (κ3) is 3.36. The van der Waals surface area contributed by atoms with Crippen molar-refractivity contribution < 1.29 is 9.13 Å². The average molecular weight is 339 g/mol. The van der Waals surface area contributed by atoms with Gasteiger partial charge in [0, 0.05) is 25.8 Å². The van der Waals surface area contributed by atoms with E-state index in [0.29, 0.717) is 50.0 Å². The number of halogens is 1. The minimum absolute atomic E-state index is 0.213. The first-order valence-corrected chi connectivity index (χ1v) is 8.22. The number of morpholine rings is 1. The van der Waals surface area contributed by atoms with Gasteiger partial charge in [-0.2, -0.15) is 0 Å². The second-order valence-electron chi connectivity index (χ2n) is 5.84. The van der Waals surface area contributed by atoms with Crippen LogP contribution in [0.3, 0.4) is 0 Å². The summed E-state index contributed by atoms with van der Waals surface area (Å²) in [5.41, 5.74) is 2.11. The lowest BCUT2D eigenvalue weighted by molar-refractivity contribution is 0.122. The number of rotatable bonds is 4. The summed E-state index contributed by atoms with van der Waals surface area (Å²) >= 11 is 0. The summed E-state index contributed by atoms with van der Waals surface area (Å²) in [6.45, 7) is 3.18. The zero-order valence-corrected chi connectivity index (χ0v) is 13.7. The van der Waals surface area contributed by atoms with E-state index in [9.17, 15) is 4.39 Å². The van der Waals surface area contributed by atoms with Gasteiger partial charge >= 0.3 is 0 Å². The van der Waals surface area contributed by atoms with Gasteiger partial charge in [0.25, 0.3) is 0 Å². The number of hydrogen-bond acceptors (Lipinski definition) is 6. The third-order valence-electron chi connectivity index (χ3n) is 4.23. The van der Waals surface area contributed by atoms with Crippen LogP contribution >= 0.6 is 0 Å². The van der Waals surface area contributed by atoms with Crippen molar-refractivity contribution in [3.8, 4) is 0 Å². The van der Waals surface area contributed by atoms with E-state index < -0.39 is 0 Å². The molecule has 0 atom stereocenters. The Labute approximate surface area is 144 Å². The maximum Gasteiger partial charge on any atom is 0.164 e. The van der Waals surface area contributed by atoms with Crippen molar-refractivity contribution in [2.75, 3.05) is 36.5 Å². The predicted molar refractivity (Wildman–Crippen MR) is 94.1 cm³/mol. The van der Waals surface area contributed by atoms with Crippen LogP contribution in [0.15, 0.2) is 42.9 Å². The molecular formula is C18H18FN5O. The Balaban J connectivity index is 1.50. The SMILES string of the molecule is Fc1cc(CNc2ncnc3ncccc23)ccc1N1CCOCC1. The molecule has 0 unspecified atom stereocenters. The smallest absolute Gasteiger partial charge is 0.164 e. The number of nitrogens with zero attached hydrogens (tertiary/aromatic N) is 4. The van der Waals surface area contributed by atoms with Crippen LogP contribution in [-0.2, 0) is 11.3 Å². The molecule has 1 N–H and O–H groups in total. The average Bonchev–Trinajstić information content (AvgIpc) is 2.67. The fraction of sp³-hybridized carbons (Fsp3) is 0.278. The molecule has 3 heterocycles. The molecule has 128 valence electrons. The summed E-state index contributed by atoms with van der Waals surface area (Å²) in [5, 5.41) is 4.08. The van der Waals surface area contributed by atoms with E-state index in [1.807, 2.05) is 29.2 Å². The van der Waals surface area contributed by atoms with Crippen LogP contribution in [0.2, 0.25) is 0 Å². The van der Waals surface area contributed by atoms with Crippen molar-refractivity contribution in [2.24, 2.45) is 0 Å². The molecule has 3 aromatic rings. The van der Waals surface area contributed by atoms with Crippen LogP contribution in [0.25, 0.3) is 11.0 Å². The standard InChI is InChI=1S/C18H18FN5O/c19-15-10-13(3-4-16(15)24-6-8-25-9-7-24)11-21-18-14-2-1-5-20-17(14)22-12-23-18/h1-5,10,12H,6-9,11H2,(H,20,21,22,23). The Hall–Kier alpha value is -2.80. The molecule has 4 rings (SSSR count). The first-order valence-electron chi connectivity index (χ1n) is 8.22. The Bertz CT molecular complexity index is 877. The van der Waals surface area contributed by atoms with Gasteiger partial charge in [-0.15, -0.1) is 0 Å². The Morgan fingerprint density at radius 2 is 2.00 bits per heavy atom. The molecule has 0 aliphatic carbocycles. The van der Waals surface area contributed by atoms with Crippen LogP contribution in [0.4, 0.5) is 15.9 Å². The number of ether oxygens (including phenoxy) is 1. The van der Waals surface area contributed by atoms with E-state index in [1.54, 1.807) is 12.3 Å². The van der Waals surface area contributed by atoms with E-state index in [-0.39, 0.29) is 5.82 Å². The van der Waals surface area contributed by atoms with E-state index in [4.69, 9.17) is 4.74 Å². The minimum Gasteiger partial charge on any atom is -0.378 e. The van der Waals surface area contributed by atoms with E-state index in [2.05, 4.69) is 20.3 Å². The maximum atomic E-state index is 14.5. The number of benzene rings is 1. The van der Waals surface area contributed by atoms with Gasteiger partial charge in [-0.05, 0) is 29.8 Å². The third-order valence-corrected chi connectivity index (χ3v) is 4.23. The second-order valence-corrected chi connectivity index (χ2v) is 5.84. The highest BCUT2D eigenvalue weighted by molar-refractivity contribution is 5.85. The monoisotopic (exact) mass is 339 g/mol. The van der Waals surface area contributed by atoms with Crippen LogP contribution in [0.5, 0.6) is 0 Å². The Morgan fingerprint density at radius 3 is 2.84 bits per heavy atom. The Morgan fingerprint density at radius 1 is 1.12 bits per heavy atom. The number of aromatic nitrogens is 3. The van der Waals surface area contributed by atoms with Gasteiger partial charge in [0.1, 0.15) is 18.0 Å². The molecule has 1 aromatic carbocycles. The largest absolute Gasteiger partial charge is 0.378 e. The van der Waals surface area contributed by atoms with Gasteiger partial charge in [-0.1, -0.05) is 6.07 Å². The molecule has 25 heavy (non-hydrogen) atoms. The molecule has 0 spiro atoms. The van der Waals surface area contributed by atoms with Crippen LogP contribution < -0.4 is 10.2 Å². The van der Waals surface area contributed by atoms with Crippen LogP contribution in [0.1, 0.15) is 5.56 Å². The van der Waals surface area contributed by atoms with Gasteiger partial charge in [-0.3, -0.25) is 0 Å². The van der Waals surface area contributed by atoms with E-state index in [1.165, 1.54) is 6.33 Å². The van der Waals surface area contributed by atoms with E-state index in [0.717, 1.165) is 10.9 Å². The van der Waals surface area contributed by atoms with Crippen molar-refractivity contribution in [3.63, 3.8) is 0 Å². The number of nitrogens with one attached hydrogen (secondary N) is 1.